The van der Waals surface area contributed by atoms with Crippen molar-refractivity contribution in [3.05, 3.63) is 60.6 Å². The summed E-state index contributed by atoms with van der Waals surface area (Å²) in [6.07, 6.45) is 5.02. The van der Waals surface area contributed by atoms with Crippen LogP contribution in [0.5, 0.6) is 5.75 Å². The molecule has 166 valence electrons. The van der Waals surface area contributed by atoms with Crippen LogP contribution in [0.15, 0.2) is 54.7 Å². The van der Waals surface area contributed by atoms with Gasteiger partial charge in [-0.25, -0.2) is 4.98 Å². The molecule has 1 N–H and O–H groups in total. The number of carbonyl (C=O) groups excluding carboxylic acids is 1. The minimum absolute atomic E-state index is 0.00836. The van der Waals surface area contributed by atoms with Crippen molar-refractivity contribution < 1.29 is 14.3 Å². The molecule has 2 aromatic heterocycles. The highest BCUT2D eigenvalue weighted by Crippen LogP contribution is 2.31. The molecule has 7 nitrogen and oxygen atoms in total. The van der Waals surface area contributed by atoms with Crippen molar-refractivity contribution in [2.75, 3.05) is 26.9 Å². The Kier molecular flexibility index (Phi) is 5.81. The van der Waals surface area contributed by atoms with Gasteiger partial charge in [0.1, 0.15) is 11.6 Å². The van der Waals surface area contributed by atoms with Crippen molar-refractivity contribution in [2.24, 2.45) is 0 Å². The molecule has 7 heteroatoms. The van der Waals surface area contributed by atoms with Crippen LogP contribution in [0.1, 0.15) is 31.1 Å². The van der Waals surface area contributed by atoms with E-state index in [-0.39, 0.29) is 18.6 Å². The van der Waals surface area contributed by atoms with E-state index in [4.69, 9.17) is 14.5 Å². The Morgan fingerprint density at radius 3 is 2.94 bits per heavy atom. The predicted molar refractivity (Wildman–Crippen MR) is 124 cm³/mol. The number of hydrogen-bond acceptors (Lipinski definition) is 4. The van der Waals surface area contributed by atoms with Gasteiger partial charge in [0.15, 0.2) is 6.61 Å². The number of nitrogens with zero attached hydrogens (tertiary/aromatic N) is 3. The highest BCUT2D eigenvalue weighted by atomic mass is 16.5. The molecule has 1 amide bonds. The smallest absolute Gasteiger partial charge is 0.261 e. The number of nitrogens with one attached hydrogen (secondary N) is 1. The number of para-hydroxylation sites is 2. The van der Waals surface area contributed by atoms with Crippen LogP contribution < -0.4 is 4.74 Å². The lowest BCUT2D eigenvalue weighted by Crippen LogP contribution is -2.41. The van der Waals surface area contributed by atoms with E-state index in [1.54, 1.807) is 7.11 Å². The highest BCUT2D eigenvalue weighted by Gasteiger charge is 2.30. The number of methoxy groups -OCH3 is 1. The quantitative estimate of drug-likeness (QED) is 0.473. The average Bonchev–Trinajstić information content (AvgIpc) is 3.45. The highest BCUT2D eigenvalue weighted by molar-refractivity contribution is 5.87. The Balaban J connectivity index is 1.32. The van der Waals surface area contributed by atoms with Crippen LogP contribution in [0.2, 0.25) is 0 Å². The molecule has 1 atom stereocenters. The minimum atomic E-state index is -0.0434. The van der Waals surface area contributed by atoms with Crippen LogP contribution in [-0.4, -0.2) is 52.2 Å². The summed E-state index contributed by atoms with van der Waals surface area (Å²) in [6, 6.07) is 15.9. The fraction of sp³-hybridized carbons (Fsp3) is 0.360. The molecule has 0 aliphatic carbocycles. The number of imidazole rings is 1. The normalized spacial score (nSPS) is 16.7. The minimum Gasteiger partial charge on any atom is -0.483 e. The molecule has 2 aromatic carbocycles. The van der Waals surface area contributed by atoms with Crippen LogP contribution >= 0.6 is 0 Å². The van der Waals surface area contributed by atoms with Gasteiger partial charge in [-0.2, -0.15) is 0 Å². The third-order valence-electron chi connectivity index (χ3n) is 6.21. The Hall–Kier alpha value is -3.32. The van der Waals surface area contributed by atoms with Crippen LogP contribution in [0.4, 0.5) is 0 Å². The molecule has 0 bridgehead atoms. The van der Waals surface area contributed by atoms with Gasteiger partial charge in [0.2, 0.25) is 0 Å². The molecule has 1 aliphatic heterocycles. The van der Waals surface area contributed by atoms with E-state index < -0.39 is 0 Å². The zero-order chi connectivity index (χ0) is 21.9. The number of aromatic nitrogens is 3. The van der Waals surface area contributed by atoms with Gasteiger partial charge in [0.05, 0.1) is 29.2 Å². The van der Waals surface area contributed by atoms with Crippen LogP contribution in [0.3, 0.4) is 0 Å². The number of rotatable bonds is 7. The van der Waals surface area contributed by atoms with Gasteiger partial charge in [-0.3, -0.25) is 4.79 Å². The number of fused-ring (bicyclic) bond motifs is 2. The van der Waals surface area contributed by atoms with Gasteiger partial charge >= 0.3 is 0 Å². The van der Waals surface area contributed by atoms with Gasteiger partial charge in [0.25, 0.3) is 5.91 Å². The lowest BCUT2D eigenvalue weighted by molar-refractivity contribution is -0.137. The van der Waals surface area contributed by atoms with E-state index >= 15 is 0 Å². The number of piperidine rings is 1. The molecule has 0 saturated carbocycles. The van der Waals surface area contributed by atoms with Crippen molar-refractivity contribution in [1.29, 1.82) is 0 Å². The van der Waals surface area contributed by atoms with Crippen molar-refractivity contribution in [3.63, 3.8) is 0 Å². The summed E-state index contributed by atoms with van der Waals surface area (Å²) < 4.78 is 13.4. The molecule has 5 rings (SSSR count). The van der Waals surface area contributed by atoms with E-state index in [1.165, 1.54) is 0 Å². The number of amides is 1. The molecule has 3 heterocycles. The molecule has 0 unspecified atom stereocenters. The number of likely N-dealkylation sites (tertiary alicyclic amines) is 1. The van der Waals surface area contributed by atoms with E-state index in [9.17, 15) is 4.79 Å². The maximum atomic E-state index is 13.2. The second kappa shape index (κ2) is 9.04. The summed E-state index contributed by atoms with van der Waals surface area (Å²) in [5, 5.41) is 1.00. The average molecular weight is 433 g/mol. The Bertz CT molecular complexity index is 1200. The van der Waals surface area contributed by atoms with Crippen molar-refractivity contribution in [1.82, 2.24) is 19.4 Å². The maximum absolute atomic E-state index is 13.2. The lowest BCUT2D eigenvalue weighted by Gasteiger charge is -2.34. The molecule has 0 spiro atoms. The van der Waals surface area contributed by atoms with Crippen LogP contribution in [0.25, 0.3) is 21.9 Å². The van der Waals surface area contributed by atoms with Gasteiger partial charge < -0.3 is 23.9 Å². The van der Waals surface area contributed by atoms with E-state index in [1.807, 2.05) is 53.6 Å². The predicted octanol–water partition coefficient (Wildman–Crippen LogP) is 4.30. The fourth-order valence-corrected chi connectivity index (χ4v) is 4.57. The van der Waals surface area contributed by atoms with E-state index in [0.29, 0.717) is 6.61 Å². The summed E-state index contributed by atoms with van der Waals surface area (Å²) >= 11 is 0. The summed E-state index contributed by atoms with van der Waals surface area (Å²) in [6.45, 7) is 2.15. The van der Waals surface area contributed by atoms with Gasteiger partial charge in [-0.05, 0) is 49.6 Å². The molecule has 0 radical (unpaired) electrons. The third kappa shape index (κ3) is 3.96. The van der Waals surface area contributed by atoms with Gasteiger partial charge in [-0.1, -0.05) is 18.2 Å². The van der Waals surface area contributed by atoms with Crippen LogP contribution in [0, 0.1) is 0 Å². The fourth-order valence-electron chi connectivity index (χ4n) is 4.57. The summed E-state index contributed by atoms with van der Waals surface area (Å²) in [5.41, 5.74) is 3.01. The third-order valence-corrected chi connectivity index (χ3v) is 6.21. The van der Waals surface area contributed by atoms with Crippen molar-refractivity contribution in [2.45, 2.75) is 31.8 Å². The number of H-pyrrole nitrogens is 1. The van der Waals surface area contributed by atoms with Crippen molar-refractivity contribution in [3.8, 4) is 5.75 Å². The Morgan fingerprint density at radius 1 is 1.16 bits per heavy atom. The second-order valence-electron chi connectivity index (χ2n) is 8.22. The number of hydrogen-bond donors (Lipinski definition) is 1. The van der Waals surface area contributed by atoms with Crippen molar-refractivity contribution >= 4 is 27.8 Å². The maximum Gasteiger partial charge on any atom is 0.261 e. The number of benzene rings is 2. The lowest BCUT2D eigenvalue weighted by atomic mass is 10.0. The topological polar surface area (TPSA) is 72.4 Å². The first kappa shape index (κ1) is 20.6. The molecule has 1 saturated heterocycles. The first-order chi connectivity index (χ1) is 15.7. The second-order valence-corrected chi connectivity index (χ2v) is 8.22. The molecular weight excluding hydrogens is 404 g/mol. The standard InChI is InChI=1S/C25H28N4O3/c1-31-16-15-28-14-12-18-21(28)10-6-11-23(18)32-17-24(30)29-13-5-4-9-22(29)25-26-19-7-2-3-8-20(19)27-25/h2-3,6-8,10-12,14,22H,4-5,9,13,15-17H2,1H3,(H,26,27)/t22-/m0/s1. The summed E-state index contributed by atoms with van der Waals surface area (Å²) in [5.74, 6) is 1.58. The molecule has 1 fully saturated rings. The van der Waals surface area contributed by atoms with E-state index in [2.05, 4.69) is 15.6 Å². The monoisotopic (exact) mass is 432 g/mol. The zero-order valence-corrected chi connectivity index (χ0v) is 18.3. The SMILES string of the molecule is COCCn1ccc2c(OCC(=O)N3CCCC[C@H]3c3nc4ccccc4[nH]3)cccc21. The van der Waals surface area contributed by atoms with Gasteiger partial charge in [-0.15, -0.1) is 0 Å². The van der Waals surface area contributed by atoms with E-state index in [0.717, 1.165) is 65.9 Å². The largest absolute Gasteiger partial charge is 0.483 e. The summed E-state index contributed by atoms with van der Waals surface area (Å²) in [4.78, 5) is 23.3. The molecule has 32 heavy (non-hydrogen) atoms. The summed E-state index contributed by atoms with van der Waals surface area (Å²) in [7, 11) is 1.70. The first-order valence-corrected chi connectivity index (χ1v) is 11.2. The number of carbonyl (C=O) groups is 1. The van der Waals surface area contributed by atoms with Crippen LogP contribution in [-0.2, 0) is 16.1 Å². The Morgan fingerprint density at radius 2 is 2.06 bits per heavy atom. The molecular formula is C25H28N4O3. The Labute approximate surface area is 186 Å². The van der Waals surface area contributed by atoms with Gasteiger partial charge in [0, 0.05) is 31.8 Å². The number of aromatic amines is 1. The molecule has 4 aromatic rings. The number of ether oxygens (including phenoxy) is 2. The zero-order valence-electron chi connectivity index (χ0n) is 18.3. The molecule has 1 aliphatic rings. The first-order valence-electron chi connectivity index (χ1n) is 11.2.